The van der Waals surface area contributed by atoms with Gasteiger partial charge in [0.2, 0.25) is 0 Å². The molecule has 4 nitrogen and oxygen atoms in total. The van der Waals surface area contributed by atoms with Gasteiger partial charge in [-0.25, -0.2) is 4.79 Å². The van der Waals surface area contributed by atoms with Crippen LogP contribution < -0.4 is 5.32 Å². The van der Waals surface area contributed by atoms with Crippen molar-refractivity contribution in [3.63, 3.8) is 0 Å². The van der Waals surface area contributed by atoms with Gasteiger partial charge in [0.15, 0.2) is 0 Å². The Labute approximate surface area is 123 Å². The van der Waals surface area contributed by atoms with Gasteiger partial charge in [-0.1, -0.05) is 48.5 Å². The van der Waals surface area contributed by atoms with Crippen LogP contribution in [0.2, 0.25) is 0 Å². The van der Waals surface area contributed by atoms with Crippen molar-refractivity contribution in [1.82, 2.24) is 0 Å². The van der Waals surface area contributed by atoms with Crippen LogP contribution in [-0.2, 0) is 22.6 Å². The molecule has 0 radical (unpaired) electrons. The van der Waals surface area contributed by atoms with Crippen molar-refractivity contribution in [2.45, 2.75) is 19.4 Å². The summed E-state index contributed by atoms with van der Waals surface area (Å²) in [6, 6.07) is 16.9. The number of ether oxygens (including phenoxy) is 1. The molecule has 108 valence electrons. The molecule has 2 aromatic rings. The van der Waals surface area contributed by atoms with Crippen LogP contribution in [0.4, 0.5) is 10.5 Å². The largest absolute Gasteiger partial charge is 0.444 e. The number of benzene rings is 2. The molecule has 1 N–H and O–H groups in total. The zero-order valence-corrected chi connectivity index (χ0v) is 11.6. The summed E-state index contributed by atoms with van der Waals surface area (Å²) >= 11 is 0. The fraction of sp³-hybridized carbons (Fsp3) is 0.176. The predicted octanol–water partition coefficient (Wildman–Crippen LogP) is 3.57. The third kappa shape index (κ3) is 4.76. The van der Waals surface area contributed by atoms with Crippen LogP contribution in [0.3, 0.4) is 0 Å². The molecular weight excluding hydrogens is 266 g/mol. The van der Waals surface area contributed by atoms with E-state index in [0.29, 0.717) is 18.5 Å². The Bertz CT molecular complexity index is 596. The first-order chi connectivity index (χ1) is 10.3. The van der Waals surface area contributed by atoms with Crippen molar-refractivity contribution in [3.05, 3.63) is 65.7 Å². The zero-order chi connectivity index (χ0) is 14.9. The van der Waals surface area contributed by atoms with Crippen molar-refractivity contribution in [2.24, 2.45) is 0 Å². The molecule has 1 amide bonds. The number of para-hydroxylation sites is 1. The summed E-state index contributed by atoms with van der Waals surface area (Å²) < 4.78 is 5.17. The summed E-state index contributed by atoms with van der Waals surface area (Å²) in [5.74, 6) is 0. The monoisotopic (exact) mass is 283 g/mol. The normalized spacial score (nSPS) is 9.90. The minimum atomic E-state index is -0.502. The van der Waals surface area contributed by atoms with Crippen LogP contribution >= 0.6 is 0 Å². The molecule has 0 saturated carbocycles. The summed E-state index contributed by atoms with van der Waals surface area (Å²) in [6.07, 6.45) is 1.39. The second kappa shape index (κ2) is 7.85. The number of aldehydes is 1. The molecule has 0 atom stereocenters. The standard InChI is InChI=1S/C17H17NO3/c19-12-6-10-15-9-4-5-11-16(15)18-17(20)21-13-14-7-2-1-3-8-14/h1-5,7-9,11-12H,6,10,13H2,(H,18,20). The summed E-state index contributed by atoms with van der Waals surface area (Å²) in [5.41, 5.74) is 2.53. The maximum atomic E-state index is 11.8. The van der Waals surface area contributed by atoms with Gasteiger partial charge in [-0.2, -0.15) is 0 Å². The lowest BCUT2D eigenvalue weighted by molar-refractivity contribution is -0.107. The van der Waals surface area contributed by atoms with E-state index in [4.69, 9.17) is 4.74 Å². The molecule has 0 heterocycles. The fourth-order valence-corrected chi connectivity index (χ4v) is 1.94. The van der Waals surface area contributed by atoms with Gasteiger partial charge in [-0.05, 0) is 23.6 Å². The van der Waals surface area contributed by atoms with E-state index >= 15 is 0 Å². The van der Waals surface area contributed by atoms with Gasteiger partial charge >= 0.3 is 6.09 Å². The summed E-state index contributed by atoms with van der Waals surface area (Å²) in [7, 11) is 0. The number of anilines is 1. The Kier molecular flexibility index (Phi) is 5.52. The number of carbonyl (C=O) groups is 2. The van der Waals surface area contributed by atoms with Crippen LogP contribution in [0.25, 0.3) is 0 Å². The molecule has 0 aliphatic rings. The van der Waals surface area contributed by atoms with Crippen molar-refractivity contribution in [1.29, 1.82) is 0 Å². The molecule has 0 bridgehead atoms. The maximum absolute atomic E-state index is 11.8. The van der Waals surface area contributed by atoms with Gasteiger partial charge in [-0.15, -0.1) is 0 Å². The second-order valence-corrected chi connectivity index (χ2v) is 4.55. The molecule has 2 rings (SSSR count). The molecule has 0 aliphatic heterocycles. The molecule has 0 aliphatic carbocycles. The van der Waals surface area contributed by atoms with Gasteiger partial charge in [-0.3, -0.25) is 5.32 Å². The molecule has 0 unspecified atom stereocenters. The van der Waals surface area contributed by atoms with E-state index in [1.54, 1.807) is 6.07 Å². The smallest absolute Gasteiger partial charge is 0.411 e. The SMILES string of the molecule is O=CCCc1ccccc1NC(=O)OCc1ccccc1. The van der Waals surface area contributed by atoms with Crippen LogP contribution in [0.15, 0.2) is 54.6 Å². The first kappa shape index (κ1) is 14.8. The Hall–Kier alpha value is -2.62. The predicted molar refractivity (Wildman–Crippen MR) is 81.1 cm³/mol. The average molecular weight is 283 g/mol. The van der Waals surface area contributed by atoms with E-state index in [9.17, 15) is 9.59 Å². The summed E-state index contributed by atoms with van der Waals surface area (Å²) in [6.45, 7) is 0.225. The highest BCUT2D eigenvalue weighted by atomic mass is 16.5. The molecule has 0 fully saturated rings. The lowest BCUT2D eigenvalue weighted by Crippen LogP contribution is -2.14. The highest BCUT2D eigenvalue weighted by Gasteiger charge is 2.07. The van der Waals surface area contributed by atoms with E-state index in [2.05, 4.69) is 5.32 Å². The average Bonchev–Trinajstić information content (AvgIpc) is 2.53. The van der Waals surface area contributed by atoms with Crippen LogP contribution in [0, 0.1) is 0 Å². The van der Waals surface area contributed by atoms with E-state index < -0.39 is 6.09 Å². The maximum Gasteiger partial charge on any atom is 0.411 e. The van der Waals surface area contributed by atoms with E-state index in [-0.39, 0.29) is 6.61 Å². The number of amides is 1. The second-order valence-electron chi connectivity index (χ2n) is 4.55. The lowest BCUT2D eigenvalue weighted by atomic mass is 10.1. The highest BCUT2D eigenvalue weighted by molar-refractivity contribution is 5.85. The highest BCUT2D eigenvalue weighted by Crippen LogP contribution is 2.17. The van der Waals surface area contributed by atoms with Gasteiger partial charge in [0.1, 0.15) is 12.9 Å². The summed E-state index contributed by atoms with van der Waals surface area (Å²) in [4.78, 5) is 22.3. The van der Waals surface area contributed by atoms with E-state index in [1.165, 1.54) is 0 Å². The number of hydrogen-bond donors (Lipinski definition) is 1. The van der Waals surface area contributed by atoms with Crippen LogP contribution in [0.5, 0.6) is 0 Å². The first-order valence-corrected chi connectivity index (χ1v) is 6.79. The fourth-order valence-electron chi connectivity index (χ4n) is 1.94. The Morgan fingerprint density at radius 1 is 1.05 bits per heavy atom. The van der Waals surface area contributed by atoms with Crippen LogP contribution in [0.1, 0.15) is 17.5 Å². The van der Waals surface area contributed by atoms with Crippen molar-refractivity contribution in [3.8, 4) is 0 Å². The van der Waals surface area contributed by atoms with Gasteiger partial charge in [0.25, 0.3) is 0 Å². The molecule has 21 heavy (non-hydrogen) atoms. The van der Waals surface area contributed by atoms with Gasteiger partial charge in [0.05, 0.1) is 0 Å². The Morgan fingerprint density at radius 2 is 1.76 bits per heavy atom. The first-order valence-electron chi connectivity index (χ1n) is 6.79. The van der Waals surface area contributed by atoms with E-state index in [0.717, 1.165) is 17.4 Å². The van der Waals surface area contributed by atoms with Crippen molar-refractivity contribution < 1.29 is 14.3 Å². The van der Waals surface area contributed by atoms with Gasteiger partial charge in [0, 0.05) is 12.1 Å². The number of rotatable bonds is 6. The molecule has 0 aromatic heterocycles. The Morgan fingerprint density at radius 3 is 2.52 bits per heavy atom. The minimum absolute atomic E-state index is 0.225. The molecule has 0 spiro atoms. The van der Waals surface area contributed by atoms with E-state index in [1.807, 2.05) is 48.5 Å². The molecule has 0 saturated heterocycles. The topological polar surface area (TPSA) is 55.4 Å². The summed E-state index contributed by atoms with van der Waals surface area (Å²) in [5, 5.41) is 2.71. The quantitative estimate of drug-likeness (QED) is 0.825. The Balaban J connectivity index is 1.91. The third-order valence-corrected chi connectivity index (χ3v) is 3.00. The van der Waals surface area contributed by atoms with Crippen LogP contribution in [-0.4, -0.2) is 12.4 Å². The molecule has 2 aromatic carbocycles. The molecule has 4 heteroatoms. The number of nitrogens with one attached hydrogen (secondary N) is 1. The number of hydrogen-bond acceptors (Lipinski definition) is 3. The van der Waals surface area contributed by atoms with Crippen molar-refractivity contribution in [2.75, 3.05) is 5.32 Å². The lowest BCUT2D eigenvalue weighted by Gasteiger charge is -2.10. The number of carbonyl (C=O) groups excluding carboxylic acids is 2. The van der Waals surface area contributed by atoms with Gasteiger partial charge < -0.3 is 9.53 Å². The number of aryl methyl sites for hydroxylation is 1. The zero-order valence-electron chi connectivity index (χ0n) is 11.6. The molecular formula is C17H17NO3. The minimum Gasteiger partial charge on any atom is -0.444 e. The van der Waals surface area contributed by atoms with Crippen molar-refractivity contribution >= 4 is 18.1 Å². The third-order valence-electron chi connectivity index (χ3n) is 3.00.